The summed E-state index contributed by atoms with van der Waals surface area (Å²) in [4.78, 5) is 21.0. The molecule has 1 aromatic carbocycles. The van der Waals surface area contributed by atoms with Crippen molar-refractivity contribution in [2.45, 2.75) is 20.6 Å². The molecule has 0 saturated heterocycles. The third kappa shape index (κ3) is 3.91. The highest BCUT2D eigenvalue weighted by Crippen LogP contribution is 2.23. The molecule has 0 radical (unpaired) electrons. The minimum atomic E-state index is -0.714. The molecule has 0 spiro atoms. The smallest absolute Gasteiger partial charge is 0.361 e. The van der Waals surface area contributed by atoms with Crippen molar-refractivity contribution in [2.75, 3.05) is 12.1 Å². The molecule has 0 atom stereocenters. The maximum absolute atomic E-state index is 12.1. The fourth-order valence-electron chi connectivity index (χ4n) is 1.63. The maximum Gasteiger partial charge on any atom is 0.398 e. The fraction of sp³-hybridized carbons (Fsp3) is 0.286. The zero-order valence-corrected chi connectivity index (χ0v) is 13.6. The lowest BCUT2D eigenvalue weighted by molar-refractivity contribution is 0.0528. The van der Waals surface area contributed by atoms with Crippen LogP contribution in [0.25, 0.3) is 0 Å². The van der Waals surface area contributed by atoms with Crippen molar-refractivity contribution in [1.82, 2.24) is 9.55 Å². The molecule has 0 fully saturated rings. The first-order valence-electron chi connectivity index (χ1n) is 6.56. The monoisotopic (exact) mass is 343 g/mol. The Morgan fingerprint density at radius 3 is 2.64 bits per heavy atom. The molecule has 2 aromatic rings. The summed E-state index contributed by atoms with van der Waals surface area (Å²) >= 11 is 11.8. The van der Waals surface area contributed by atoms with Crippen LogP contribution in [0.4, 0.5) is 5.69 Å². The van der Waals surface area contributed by atoms with Gasteiger partial charge in [0, 0.05) is 6.61 Å². The average molecular weight is 344 g/mol. The molecule has 0 unspecified atom stereocenters. The van der Waals surface area contributed by atoms with Gasteiger partial charge in [-0.25, -0.2) is 15.3 Å². The molecule has 1 heterocycles. The van der Waals surface area contributed by atoms with Crippen molar-refractivity contribution in [3.8, 4) is 0 Å². The number of nitrogens with one attached hydrogen (secondary N) is 1. The summed E-state index contributed by atoms with van der Waals surface area (Å²) in [7, 11) is 0. The number of carbonyl (C=O) groups excluding carboxylic acids is 1. The molecule has 0 aliphatic heterocycles. The first-order valence-corrected chi connectivity index (χ1v) is 7.31. The zero-order chi connectivity index (χ0) is 16.1. The van der Waals surface area contributed by atoms with Crippen molar-refractivity contribution in [3.63, 3.8) is 0 Å². The minimum Gasteiger partial charge on any atom is -0.361 e. The van der Waals surface area contributed by atoms with Gasteiger partial charge in [-0.15, -0.1) is 0 Å². The quantitative estimate of drug-likeness (QED) is 0.810. The van der Waals surface area contributed by atoms with Gasteiger partial charge in [-0.2, -0.15) is 0 Å². The van der Waals surface area contributed by atoms with Crippen molar-refractivity contribution >= 4 is 34.9 Å². The van der Waals surface area contributed by atoms with Crippen LogP contribution in [0.1, 0.15) is 23.1 Å². The summed E-state index contributed by atoms with van der Waals surface area (Å²) in [6.45, 7) is 4.31. The van der Waals surface area contributed by atoms with Gasteiger partial charge >= 0.3 is 5.97 Å². The highest BCUT2D eigenvalue weighted by Gasteiger charge is 2.22. The molecule has 0 aliphatic carbocycles. The van der Waals surface area contributed by atoms with Crippen LogP contribution in [0.15, 0.2) is 24.3 Å². The maximum atomic E-state index is 12.1. The summed E-state index contributed by atoms with van der Waals surface area (Å²) in [5.74, 6) is -0.753. The Balaban J connectivity index is 2.08. The number of anilines is 1. The van der Waals surface area contributed by atoms with Gasteiger partial charge in [-0.3, -0.25) is 4.57 Å². The van der Waals surface area contributed by atoms with Crippen molar-refractivity contribution in [1.29, 1.82) is 0 Å². The van der Waals surface area contributed by atoms with Crippen LogP contribution in [0, 0.1) is 6.92 Å². The molecule has 118 valence electrons. The Hall–Kier alpha value is -1.76. The number of rotatable bonds is 6. The van der Waals surface area contributed by atoms with Crippen LogP contribution in [0.3, 0.4) is 0 Å². The van der Waals surface area contributed by atoms with Crippen LogP contribution < -0.4 is 5.48 Å². The first kappa shape index (κ1) is 16.6. The van der Waals surface area contributed by atoms with E-state index in [1.165, 1.54) is 4.57 Å². The van der Waals surface area contributed by atoms with Gasteiger partial charge < -0.3 is 9.57 Å². The SMILES string of the molecule is CCOCn1c(C(=O)ONc2ccc(C)cc2)nc(Cl)c1Cl. The topological polar surface area (TPSA) is 65.4 Å². The van der Waals surface area contributed by atoms with Gasteiger partial charge in [0.2, 0.25) is 5.82 Å². The van der Waals surface area contributed by atoms with Crippen LogP contribution in [0.5, 0.6) is 0 Å². The number of carbonyl (C=O) groups is 1. The van der Waals surface area contributed by atoms with E-state index in [1.807, 2.05) is 26.0 Å². The van der Waals surface area contributed by atoms with Crippen LogP contribution >= 0.6 is 23.2 Å². The standard InChI is InChI=1S/C14H15Cl2N3O3/c1-3-21-8-19-12(16)11(15)17-13(19)14(20)22-18-10-6-4-9(2)5-7-10/h4-7,18H,3,8H2,1-2H3. The molecule has 1 N–H and O–H groups in total. The van der Waals surface area contributed by atoms with Gasteiger partial charge in [0.15, 0.2) is 5.15 Å². The summed E-state index contributed by atoms with van der Waals surface area (Å²) in [5.41, 5.74) is 4.29. The molecular formula is C14H15Cl2N3O3. The molecule has 8 heteroatoms. The normalized spacial score (nSPS) is 10.5. The Bertz CT molecular complexity index is 656. The number of aryl methyl sites for hydroxylation is 1. The highest BCUT2D eigenvalue weighted by atomic mass is 35.5. The lowest BCUT2D eigenvalue weighted by Crippen LogP contribution is -2.17. The van der Waals surface area contributed by atoms with Gasteiger partial charge in [0.25, 0.3) is 0 Å². The van der Waals surface area contributed by atoms with Gasteiger partial charge in [-0.05, 0) is 26.0 Å². The number of ether oxygens (including phenoxy) is 1. The Morgan fingerprint density at radius 2 is 2.00 bits per heavy atom. The Labute approximate surface area is 137 Å². The van der Waals surface area contributed by atoms with Crippen LogP contribution in [-0.4, -0.2) is 22.1 Å². The lowest BCUT2D eigenvalue weighted by Gasteiger charge is -2.09. The van der Waals surface area contributed by atoms with E-state index in [4.69, 9.17) is 32.8 Å². The first-order chi connectivity index (χ1) is 10.5. The van der Waals surface area contributed by atoms with E-state index >= 15 is 0 Å². The minimum absolute atomic E-state index is 0.0173. The molecule has 0 amide bonds. The second-order valence-electron chi connectivity index (χ2n) is 4.42. The van der Waals surface area contributed by atoms with E-state index in [1.54, 1.807) is 12.1 Å². The van der Waals surface area contributed by atoms with E-state index < -0.39 is 5.97 Å². The predicted octanol–water partition coefficient (Wildman–Crippen LogP) is 3.68. The molecule has 22 heavy (non-hydrogen) atoms. The summed E-state index contributed by atoms with van der Waals surface area (Å²) < 4.78 is 6.57. The zero-order valence-electron chi connectivity index (χ0n) is 12.1. The van der Waals surface area contributed by atoms with Crippen LogP contribution in [0.2, 0.25) is 10.3 Å². The largest absolute Gasteiger partial charge is 0.398 e. The number of benzene rings is 1. The van der Waals surface area contributed by atoms with E-state index in [2.05, 4.69) is 10.5 Å². The molecule has 2 rings (SSSR count). The second-order valence-corrected chi connectivity index (χ2v) is 5.14. The number of halogens is 2. The van der Waals surface area contributed by atoms with E-state index in [0.29, 0.717) is 12.3 Å². The Morgan fingerprint density at radius 1 is 1.32 bits per heavy atom. The van der Waals surface area contributed by atoms with Gasteiger partial charge in [0.1, 0.15) is 11.9 Å². The lowest BCUT2D eigenvalue weighted by atomic mass is 10.2. The number of nitrogens with zero attached hydrogens (tertiary/aromatic N) is 2. The molecule has 0 bridgehead atoms. The number of hydrogen-bond acceptors (Lipinski definition) is 5. The summed E-state index contributed by atoms with van der Waals surface area (Å²) in [6, 6.07) is 7.35. The van der Waals surface area contributed by atoms with Crippen molar-refractivity contribution < 1.29 is 14.4 Å². The number of imidazole rings is 1. The predicted molar refractivity (Wildman–Crippen MR) is 84.1 cm³/mol. The van der Waals surface area contributed by atoms with E-state index in [9.17, 15) is 4.79 Å². The van der Waals surface area contributed by atoms with Crippen LogP contribution in [-0.2, 0) is 16.3 Å². The molecule has 0 aliphatic rings. The average Bonchev–Trinajstić information content (AvgIpc) is 2.80. The fourth-order valence-corrected chi connectivity index (χ4v) is 1.99. The number of hydrogen-bond donors (Lipinski definition) is 1. The molecule has 0 saturated carbocycles. The van der Waals surface area contributed by atoms with E-state index in [0.717, 1.165) is 5.56 Å². The third-order valence-corrected chi connectivity index (χ3v) is 3.53. The summed E-state index contributed by atoms with van der Waals surface area (Å²) in [5, 5.41) is 0.140. The van der Waals surface area contributed by atoms with Crippen molar-refractivity contribution in [2.24, 2.45) is 0 Å². The third-order valence-electron chi connectivity index (χ3n) is 2.79. The summed E-state index contributed by atoms with van der Waals surface area (Å²) in [6.07, 6.45) is 0. The second kappa shape index (κ2) is 7.49. The van der Waals surface area contributed by atoms with Gasteiger partial charge in [-0.1, -0.05) is 40.9 Å². The highest BCUT2D eigenvalue weighted by molar-refractivity contribution is 6.40. The molecular weight excluding hydrogens is 329 g/mol. The molecule has 1 aromatic heterocycles. The Kier molecular flexibility index (Phi) is 5.65. The van der Waals surface area contributed by atoms with Gasteiger partial charge in [0.05, 0.1) is 5.69 Å². The number of aromatic nitrogens is 2. The van der Waals surface area contributed by atoms with E-state index in [-0.39, 0.29) is 22.9 Å². The molecule has 6 nitrogen and oxygen atoms in total. The van der Waals surface area contributed by atoms with Crippen molar-refractivity contribution in [3.05, 3.63) is 46.0 Å².